The average molecular weight is 238 g/mol. The molecule has 1 amide bonds. The van der Waals surface area contributed by atoms with Gasteiger partial charge in [0, 0.05) is 25.0 Å². The number of carbonyl (C=O) groups excluding carboxylic acids is 1. The lowest BCUT2D eigenvalue weighted by Gasteiger charge is -2.27. The fourth-order valence-electron chi connectivity index (χ4n) is 1.48. The summed E-state index contributed by atoms with van der Waals surface area (Å²) in [6.07, 6.45) is 5.31. The minimum atomic E-state index is -0.493. The van der Waals surface area contributed by atoms with Gasteiger partial charge < -0.3 is 15.6 Å². The van der Waals surface area contributed by atoms with Crippen LogP contribution in [0.1, 0.15) is 27.7 Å². The summed E-state index contributed by atoms with van der Waals surface area (Å²) < 4.78 is 1.92. The fraction of sp³-hybridized carbons (Fsp3) is 0.667. The molecule has 0 aliphatic rings. The first-order valence-corrected chi connectivity index (χ1v) is 5.82. The van der Waals surface area contributed by atoms with Crippen LogP contribution < -0.4 is 11.1 Å². The molecular formula is C12H22N4O. The van der Waals surface area contributed by atoms with Crippen molar-refractivity contribution in [2.75, 3.05) is 0 Å². The lowest BCUT2D eigenvalue weighted by atomic mass is 9.87. The highest BCUT2D eigenvalue weighted by molar-refractivity contribution is 5.82. The molecule has 2 atom stereocenters. The molecule has 5 heteroatoms. The lowest BCUT2D eigenvalue weighted by molar-refractivity contribution is -0.125. The van der Waals surface area contributed by atoms with Crippen LogP contribution >= 0.6 is 0 Å². The van der Waals surface area contributed by atoms with E-state index < -0.39 is 6.04 Å². The van der Waals surface area contributed by atoms with E-state index in [0.717, 1.165) is 0 Å². The maximum atomic E-state index is 11.9. The van der Waals surface area contributed by atoms with Crippen molar-refractivity contribution in [1.82, 2.24) is 14.9 Å². The Morgan fingerprint density at radius 1 is 1.53 bits per heavy atom. The van der Waals surface area contributed by atoms with Crippen molar-refractivity contribution in [3.8, 4) is 0 Å². The summed E-state index contributed by atoms with van der Waals surface area (Å²) in [5, 5.41) is 2.91. The van der Waals surface area contributed by atoms with E-state index in [-0.39, 0.29) is 17.4 Å². The summed E-state index contributed by atoms with van der Waals surface area (Å²) in [6.45, 7) is 8.52. The molecule has 1 aromatic heterocycles. The van der Waals surface area contributed by atoms with Crippen LogP contribution in [0.5, 0.6) is 0 Å². The molecule has 0 aliphatic heterocycles. The van der Waals surface area contributed by atoms with Crippen LogP contribution in [0.15, 0.2) is 18.7 Å². The van der Waals surface area contributed by atoms with Crippen LogP contribution in [0.25, 0.3) is 0 Å². The average Bonchev–Trinajstić information content (AvgIpc) is 2.67. The smallest absolute Gasteiger partial charge is 0.237 e. The SMILES string of the molecule is CC(Cn1ccnc1)NC(=O)[C@@H](N)C(C)(C)C. The molecule has 1 unspecified atom stereocenters. The van der Waals surface area contributed by atoms with Gasteiger partial charge >= 0.3 is 0 Å². The summed E-state index contributed by atoms with van der Waals surface area (Å²) in [5.41, 5.74) is 5.66. The molecule has 1 heterocycles. The van der Waals surface area contributed by atoms with Gasteiger partial charge in [-0.25, -0.2) is 4.98 Å². The van der Waals surface area contributed by atoms with Gasteiger partial charge in [-0.1, -0.05) is 20.8 Å². The molecule has 0 aliphatic carbocycles. The Morgan fingerprint density at radius 3 is 2.65 bits per heavy atom. The van der Waals surface area contributed by atoms with Gasteiger partial charge in [-0.05, 0) is 12.3 Å². The molecule has 0 radical (unpaired) electrons. The van der Waals surface area contributed by atoms with E-state index >= 15 is 0 Å². The monoisotopic (exact) mass is 238 g/mol. The second-order valence-electron chi connectivity index (χ2n) is 5.51. The van der Waals surface area contributed by atoms with E-state index in [1.165, 1.54) is 0 Å². The van der Waals surface area contributed by atoms with E-state index in [9.17, 15) is 4.79 Å². The predicted octanol–water partition coefficient (Wildman–Crippen LogP) is 0.761. The van der Waals surface area contributed by atoms with Crippen LogP contribution in [-0.4, -0.2) is 27.5 Å². The fourth-order valence-corrected chi connectivity index (χ4v) is 1.48. The van der Waals surface area contributed by atoms with Crippen molar-refractivity contribution in [3.63, 3.8) is 0 Å². The van der Waals surface area contributed by atoms with Gasteiger partial charge in [0.25, 0.3) is 0 Å². The van der Waals surface area contributed by atoms with Gasteiger partial charge in [0.2, 0.25) is 5.91 Å². The standard InChI is InChI=1S/C12H22N4O/c1-9(7-16-6-5-14-8-16)15-11(17)10(13)12(2,3)4/h5-6,8-10H,7,13H2,1-4H3,(H,15,17)/t9?,10-/m1/s1. The van der Waals surface area contributed by atoms with Crippen molar-refractivity contribution in [2.45, 2.75) is 46.3 Å². The number of nitrogens with two attached hydrogens (primary N) is 1. The highest BCUT2D eigenvalue weighted by Gasteiger charge is 2.27. The predicted molar refractivity (Wildman–Crippen MR) is 67.3 cm³/mol. The number of aromatic nitrogens is 2. The third kappa shape index (κ3) is 4.19. The van der Waals surface area contributed by atoms with Gasteiger partial charge in [0.15, 0.2) is 0 Å². The molecule has 0 fully saturated rings. The zero-order valence-corrected chi connectivity index (χ0v) is 11.0. The third-order valence-corrected chi connectivity index (χ3v) is 2.65. The van der Waals surface area contributed by atoms with E-state index in [4.69, 9.17) is 5.73 Å². The van der Waals surface area contributed by atoms with E-state index in [1.807, 2.05) is 38.5 Å². The Kier molecular flexibility index (Phi) is 4.28. The van der Waals surface area contributed by atoms with Crippen LogP contribution in [0.4, 0.5) is 0 Å². The zero-order valence-electron chi connectivity index (χ0n) is 11.0. The minimum absolute atomic E-state index is 0.0325. The highest BCUT2D eigenvalue weighted by Crippen LogP contribution is 2.17. The first-order valence-electron chi connectivity index (χ1n) is 5.82. The number of hydrogen-bond acceptors (Lipinski definition) is 3. The normalized spacial score (nSPS) is 15.4. The molecule has 17 heavy (non-hydrogen) atoms. The zero-order chi connectivity index (χ0) is 13.1. The number of hydrogen-bond donors (Lipinski definition) is 2. The lowest BCUT2D eigenvalue weighted by Crippen LogP contribution is -2.51. The Morgan fingerprint density at radius 2 is 2.18 bits per heavy atom. The summed E-state index contributed by atoms with van der Waals surface area (Å²) in [5.74, 6) is -0.106. The molecule has 0 saturated carbocycles. The van der Waals surface area contributed by atoms with Crippen molar-refractivity contribution in [2.24, 2.45) is 11.1 Å². The van der Waals surface area contributed by atoms with Crippen LogP contribution in [0.2, 0.25) is 0 Å². The van der Waals surface area contributed by atoms with E-state index in [1.54, 1.807) is 12.5 Å². The van der Waals surface area contributed by atoms with Crippen molar-refractivity contribution in [3.05, 3.63) is 18.7 Å². The number of imidazole rings is 1. The number of nitrogens with one attached hydrogen (secondary N) is 1. The maximum Gasteiger partial charge on any atom is 0.237 e. The number of nitrogens with zero attached hydrogens (tertiary/aromatic N) is 2. The molecule has 3 N–H and O–H groups in total. The molecule has 0 bridgehead atoms. The Hall–Kier alpha value is -1.36. The van der Waals surface area contributed by atoms with E-state index in [0.29, 0.717) is 6.54 Å². The molecule has 0 aromatic carbocycles. The summed E-state index contributed by atoms with van der Waals surface area (Å²) in [4.78, 5) is 15.8. The van der Waals surface area contributed by atoms with Crippen molar-refractivity contribution in [1.29, 1.82) is 0 Å². The Labute approximate surface area is 102 Å². The van der Waals surface area contributed by atoms with Gasteiger partial charge in [-0.2, -0.15) is 0 Å². The molecular weight excluding hydrogens is 216 g/mol. The molecule has 1 aromatic rings. The topological polar surface area (TPSA) is 72.9 Å². The molecule has 0 spiro atoms. The Balaban J connectivity index is 2.46. The summed E-state index contributed by atoms with van der Waals surface area (Å²) in [6, 6.07) is -0.460. The first-order chi connectivity index (χ1) is 7.80. The first kappa shape index (κ1) is 13.7. The van der Waals surface area contributed by atoms with Gasteiger partial charge in [-0.3, -0.25) is 4.79 Å². The van der Waals surface area contributed by atoms with Crippen molar-refractivity contribution >= 4 is 5.91 Å². The van der Waals surface area contributed by atoms with Crippen LogP contribution in [0.3, 0.4) is 0 Å². The molecule has 96 valence electrons. The number of carbonyl (C=O) groups is 1. The van der Waals surface area contributed by atoms with Crippen LogP contribution in [-0.2, 0) is 11.3 Å². The largest absolute Gasteiger partial charge is 0.350 e. The minimum Gasteiger partial charge on any atom is -0.350 e. The molecule has 5 nitrogen and oxygen atoms in total. The maximum absolute atomic E-state index is 11.9. The summed E-state index contributed by atoms with van der Waals surface area (Å²) >= 11 is 0. The van der Waals surface area contributed by atoms with Gasteiger partial charge in [0.05, 0.1) is 12.4 Å². The van der Waals surface area contributed by atoms with E-state index in [2.05, 4.69) is 10.3 Å². The molecule has 1 rings (SSSR count). The van der Waals surface area contributed by atoms with Gasteiger partial charge in [0.1, 0.15) is 0 Å². The number of amides is 1. The summed E-state index contributed by atoms with van der Waals surface area (Å²) in [7, 11) is 0. The highest BCUT2D eigenvalue weighted by atomic mass is 16.2. The number of rotatable bonds is 4. The second-order valence-corrected chi connectivity index (χ2v) is 5.51. The second kappa shape index (κ2) is 5.31. The third-order valence-electron chi connectivity index (χ3n) is 2.65. The molecule has 0 saturated heterocycles. The van der Waals surface area contributed by atoms with Crippen molar-refractivity contribution < 1.29 is 4.79 Å². The quantitative estimate of drug-likeness (QED) is 0.813. The Bertz CT molecular complexity index is 353. The van der Waals surface area contributed by atoms with Crippen LogP contribution in [0, 0.1) is 5.41 Å². The van der Waals surface area contributed by atoms with Gasteiger partial charge in [-0.15, -0.1) is 0 Å².